The normalized spacial score (nSPS) is 18.5. The van der Waals surface area contributed by atoms with E-state index in [-0.39, 0.29) is 94.9 Å². The first-order valence-electron chi connectivity index (χ1n) is 21.9. The molecule has 4 aromatic carbocycles. The van der Waals surface area contributed by atoms with Crippen molar-refractivity contribution >= 4 is 44.8 Å². The maximum Gasteiger partial charge on any atom is 0.416 e. The largest absolute Gasteiger partial charge is 0.416 e. The van der Waals surface area contributed by atoms with Crippen LogP contribution in [-0.2, 0) is 31.8 Å². The molecule has 0 radical (unpaired) electrons. The molecule has 0 bridgehead atoms. The number of aliphatic hydroxyl groups is 1. The van der Waals surface area contributed by atoms with E-state index in [4.69, 9.17) is 5.11 Å². The second-order valence-corrected chi connectivity index (χ2v) is 19.4. The van der Waals surface area contributed by atoms with Gasteiger partial charge in [-0.2, -0.15) is 36.9 Å². The molecule has 0 fully saturated rings. The number of halogens is 6. The quantitative estimate of drug-likeness (QED) is 0.160. The molecule has 4 amide bonds. The molecule has 8 rings (SSSR count). The van der Waals surface area contributed by atoms with Crippen molar-refractivity contribution in [1.29, 1.82) is 10.5 Å². The van der Waals surface area contributed by atoms with Crippen LogP contribution in [0.15, 0.2) is 112 Å². The number of carbonyl (C=O) groups is 4. The molecule has 2 aliphatic heterocycles. The van der Waals surface area contributed by atoms with Gasteiger partial charge < -0.3 is 14.9 Å². The molecule has 0 aromatic heterocycles. The molecule has 2 atom stereocenters. The first kappa shape index (κ1) is 50.6. The summed E-state index contributed by atoms with van der Waals surface area (Å²) < 4.78 is 106. The lowest BCUT2D eigenvalue weighted by molar-refractivity contribution is -0.138. The van der Waals surface area contributed by atoms with Crippen LogP contribution in [0.2, 0.25) is 0 Å². The number of aliphatic hydroxyl groups excluding tert-OH is 1. The molecule has 2 heterocycles. The van der Waals surface area contributed by atoms with Gasteiger partial charge in [-0.1, -0.05) is 38.1 Å². The summed E-state index contributed by atoms with van der Waals surface area (Å²) in [6.07, 6.45) is -8.72. The lowest BCUT2D eigenvalue weighted by atomic mass is 9.85. The van der Waals surface area contributed by atoms with Crippen molar-refractivity contribution in [2.24, 2.45) is 0 Å². The number of urea groups is 2. The number of rotatable bonds is 9. The van der Waals surface area contributed by atoms with Crippen molar-refractivity contribution in [2.75, 3.05) is 36.3 Å². The number of hydrogen-bond acceptors (Lipinski definition) is 9. The van der Waals surface area contributed by atoms with Crippen molar-refractivity contribution in [3.05, 3.63) is 146 Å². The number of likely N-dealkylation sites (N-methyl/N-ethyl adjacent to an activating group) is 2. The number of amides is 4. The molecule has 364 valence electrons. The van der Waals surface area contributed by atoms with Crippen LogP contribution < -0.4 is 9.80 Å². The highest BCUT2D eigenvalue weighted by atomic mass is 32.2. The summed E-state index contributed by atoms with van der Waals surface area (Å²) >= 11 is 0. The van der Waals surface area contributed by atoms with Crippen LogP contribution in [0.3, 0.4) is 0 Å². The van der Waals surface area contributed by atoms with Crippen LogP contribution in [0, 0.1) is 22.7 Å². The van der Waals surface area contributed by atoms with Gasteiger partial charge in [-0.05, 0) is 103 Å². The van der Waals surface area contributed by atoms with Crippen LogP contribution in [-0.4, -0.2) is 73.4 Å². The molecule has 0 unspecified atom stereocenters. The van der Waals surface area contributed by atoms with Gasteiger partial charge >= 0.3 is 24.4 Å². The standard InChI is InChI=1S/C25H22F3N3O5S.C25H22F3N3O2/c1-30-23(18-7-6-15(14-29)12-21(18)37(35,36)11-3-10-32)22-19(8-9-20(22)33)31(24(30)34)17-5-2-4-16(13-17)25(26,27)28;1-14(2)19-11-15(13-29)7-8-18(19)23-22-20(9-10-21(22)32)31(24(33)30(23)3)17-6-4-5-16(12-17)25(26,27)28/h2,4-7,12-13,23,32H,3,8-11H2,1H3;4-8,11-12,14,23H,9-10H2,1-3H3/t2*23-/m11/s1. The topological polar surface area (TPSA) is 183 Å². The molecule has 4 aromatic rings. The van der Waals surface area contributed by atoms with Crippen molar-refractivity contribution in [1.82, 2.24) is 9.80 Å². The highest BCUT2D eigenvalue weighted by Crippen LogP contribution is 2.48. The van der Waals surface area contributed by atoms with Crippen molar-refractivity contribution in [3.8, 4) is 12.1 Å². The van der Waals surface area contributed by atoms with E-state index in [1.807, 2.05) is 19.9 Å². The van der Waals surface area contributed by atoms with Gasteiger partial charge in [0.05, 0.1) is 68.5 Å². The van der Waals surface area contributed by atoms with E-state index in [1.54, 1.807) is 25.2 Å². The van der Waals surface area contributed by atoms with Crippen molar-refractivity contribution < 1.29 is 59.0 Å². The van der Waals surface area contributed by atoms with Gasteiger partial charge in [-0.15, -0.1) is 0 Å². The Hall–Kier alpha value is -7.29. The summed E-state index contributed by atoms with van der Waals surface area (Å²) in [5.41, 5.74) is 1.57. The van der Waals surface area contributed by atoms with E-state index in [0.717, 1.165) is 45.2 Å². The number of Topliss-reactive ketones (excluding diaryl/α,β-unsaturated/α-hetero) is 2. The lowest BCUT2D eigenvalue weighted by Crippen LogP contribution is -2.48. The van der Waals surface area contributed by atoms with Gasteiger partial charge in [0.2, 0.25) is 0 Å². The number of allylic oxidation sites excluding steroid dienone is 2. The number of nitrogens with zero attached hydrogens (tertiary/aromatic N) is 6. The number of nitriles is 2. The third-order valence-electron chi connectivity index (χ3n) is 12.6. The van der Waals surface area contributed by atoms with Gasteiger partial charge in [0.1, 0.15) is 0 Å². The molecule has 1 N–H and O–H groups in total. The van der Waals surface area contributed by atoms with Gasteiger partial charge in [-0.25, -0.2) is 18.0 Å². The Balaban J connectivity index is 0.000000208. The second-order valence-electron chi connectivity index (χ2n) is 17.3. The van der Waals surface area contributed by atoms with Gasteiger partial charge in [-0.3, -0.25) is 19.4 Å². The smallest absolute Gasteiger partial charge is 0.396 e. The number of ketones is 2. The van der Waals surface area contributed by atoms with Gasteiger partial charge in [0.25, 0.3) is 0 Å². The van der Waals surface area contributed by atoms with Crippen LogP contribution in [0.4, 0.5) is 47.3 Å². The highest BCUT2D eigenvalue weighted by molar-refractivity contribution is 7.91. The van der Waals surface area contributed by atoms with Crippen LogP contribution in [0.5, 0.6) is 0 Å². The third-order valence-corrected chi connectivity index (χ3v) is 14.4. The van der Waals surface area contributed by atoms with E-state index < -0.39 is 63.2 Å². The van der Waals surface area contributed by atoms with Crippen molar-refractivity contribution in [2.45, 2.75) is 81.2 Å². The Labute approximate surface area is 399 Å². The maximum absolute atomic E-state index is 13.6. The minimum Gasteiger partial charge on any atom is -0.396 e. The average molecular weight is 987 g/mol. The SMILES string of the molecule is CC(C)c1cc(C#N)ccc1[C@@H]1C2=C(CCC2=O)N(c2cccc(C(F)(F)F)c2)C(=O)N1C.CN1C(=O)N(c2cccc(C(F)(F)F)c2)C2=C(C(=O)CC2)[C@H]1c1ccc(C#N)cc1S(=O)(=O)CCCO. The molecule has 0 saturated heterocycles. The summed E-state index contributed by atoms with van der Waals surface area (Å²) in [4.78, 5) is 57.7. The Morgan fingerprint density at radius 3 is 1.53 bits per heavy atom. The zero-order valence-corrected chi connectivity index (χ0v) is 38.8. The number of sulfone groups is 1. The van der Waals surface area contributed by atoms with E-state index in [9.17, 15) is 64.5 Å². The predicted octanol–water partition coefficient (Wildman–Crippen LogP) is 9.89. The summed E-state index contributed by atoms with van der Waals surface area (Å²) in [5, 5.41) is 27.8. The predicted molar refractivity (Wildman–Crippen MR) is 242 cm³/mol. The Morgan fingerprint density at radius 1 is 0.657 bits per heavy atom. The fourth-order valence-corrected chi connectivity index (χ4v) is 10.9. The molecular formula is C50H44F6N6O7S. The average Bonchev–Trinajstić information content (AvgIpc) is 3.89. The first-order valence-corrected chi connectivity index (χ1v) is 23.5. The number of benzene rings is 4. The number of hydrogen-bond donors (Lipinski definition) is 1. The summed E-state index contributed by atoms with van der Waals surface area (Å²) in [6.45, 7) is 3.55. The molecular weight excluding hydrogens is 943 g/mol. The molecule has 20 heteroatoms. The van der Waals surface area contributed by atoms with E-state index in [0.29, 0.717) is 16.8 Å². The molecule has 70 heavy (non-hydrogen) atoms. The first-order chi connectivity index (χ1) is 32.9. The molecule has 4 aliphatic rings. The van der Waals surface area contributed by atoms with Crippen LogP contribution in [0.25, 0.3) is 0 Å². The number of carbonyl (C=O) groups excluding carboxylic acids is 4. The maximum atomic E-state index is 13.6. The summed E-state index contributed by atoms with van der Waals surface area (Å²) in [7, 11) is -1.15. The second kappa shape index (κ2) is 19.2. The van der Waals surface area contributed by atoms with Crippen molar-refractivity contribution in [3.63, 3.8) is 0 Å². The molecule has 0 spiro atoms. The molecule has 13 nitrogen and oxygen atoms in total. The number of alkyl halides is 6. The lowest BCUT2D eigenvalue weighted by Gasteiger charge is -2.41. The molecule has 2 aliphatic carbocycles. The number of anilines is 2. The zero-order chi connectivity index (χ0) is 51.2. The minimum atomic E-state index is -4.65. The van der Waals surface area contributed by atoms with Gasteiger partial charge in [0.15, 0.2) is 21.4 Å². The zero-order valence-electron chi connectivity index (χ0n) is 38.0. The molecule has 0 saturated carbocycles. The van der Waals surface area contributed by atoms with E-state index >= 15 is 0 Å². The van der Waals surface area contributed by atoms with E-state index in [2.05, 4.69) is 6.07 Å². The summed E-state index contributed by atoms with van der Waals surface area (Å²) in [6, 6.07) is 18.8. The third kappa shape index (κ3) is 9.40. The van der Waals surface area contributed by atoms with Gasteiger partial charge in [0, 0.05) is 56.1 Å². The van der Waals surface area contributed by atoms with Crippen LogP contribution in [0.1, 0.15) is 103 Å². The highest BCUT2D eigenvalue weighted by Gasteiger charge is 2.48. The van der Waals surface area contributed by atoms with E-state index in [1.165, 1.54) is 59.3 Å². The fraction of sp³-hybridized carbons (Fsp3) is 0.320. The monoisotopic (exact) mass is 986 g/mol. The Morgan fingerprint density at radius 2 is 1.10 bits per heavy atom. The Bertz CT molecular complexity index is 3100. The fourth-order valence-electron chi connectivity index (χ4n) is 9.32. The minimum absolute atomic E-state index is 0.000618. The van der Waals surface area contributed by atoms with Crippen LogP contribution >= 0.6 is 0 Å². The summed E-state index contributed by atoms with van der Waals surface area (Å²) in [5.74, 6) is -0.893. The Kier molecular flexibility index (Phi) is 13.9.